The van der Waals surface area contributed by atoms with Crippen molar-refractivity contribution in [2.45, 2.75) is 38.6 Å². The minimum Gasteiger partial charge on any atom is -0.493 e. The Morgan fingerprint density at radius 2 is 1.69 bits per heavy atom. The van der Waals surface area contributed by atoms with Gasteiger partial charge in [0.05, 0.1) is 25.5 Å². The standard InChI is InChI=1S/C18H24N2O6/c1-11(21)19-14-9-16(25-3)15(24-2)8-13(14)18(23)26-10-17(22)20-12-6-4-5-7-12/h8-9,12H,4-7,10H2,1-3H3,(H,19,21)(H,20,22). The predicted octanol–water partition coefficient (Wildman–Crippen LogP) is 1.88. The number of carbonyl (C=O) groups is 3. The van der Waals surface area contributed by atoms with Gasteiger partial charge in [-0.3, -0.25) is 9.59 Å². The Morgan fingerprint density at radius 1 is 1.08 bits per heavy atom. The van der Waals surface area contributed by atoms with E-state index in [4.69, 9.17) is 14.2 Å². The molecule has 0 atom stereocenters. The second-order valence-corrected chi connectivity index (χ2v) is 6.06. The first-order valence-electron chi connectivity index (χ1n) is 8.44. The molecule has 1 aromatic rings. The molecule has 0 heterocycles. The van der Waals surface area contributed by atoms with Crippen molar-refractivity contribution in [2.24, 2.45) is 0 Å². The van der Waals surface area contributed by atoms with E-state index in [0.29, 0.717) is 11.5 Å². The van der Waals surface area contributed by atoms with E-state index in [2.05, 4.69) is 10.6 Å². The predicted molar refractivity (Wildman–Crippen MR) is 94.5 cm³/mol. The fraction of sp³-hybridized carbons (Fsp3) is 0.500. The zero-order valence-electron chi connectivity index (χ0n) is 15.2. The average Bonchev–Trinajstić information content (AvgIpc) is 3.11. The molecule has 8 nitrogen and oxygen atoms in total. The summed E-state index contributed by atoms with van der Waals surface area (Å²) >= 11 is 0. The van der Waals surface area contributed by atoms with E-state index in [0.717, 1.165) is 25.7 Å². The van der Waals surface area contributed by atoms with Crippen LogP contribution in [0.15, 0.2) is 12.1 Å². The van der Waals surface area contributed by atoms with Crippen LogP contribution in [-0.4, -0.2) is 44.7 Å². The fourth-order valence-electron chi connectivity index (χ4n) is 2.89. The van der Waals surface area contributed by atoms with Crippen LogP contribution < -0.4 is 20.1 Å². The van der Waals surface area contributed by atoms with Crippen LogP contribution >= 0.6 is 0 Å². The molecular formula is C18H24N2O6. The summed E-state index contributed by atoms with van der Waals surface area (Å²) in [6, 6.07) is 3.02. The zero-order valence-corrected chi connectivity index (χ0v) is 15.2. The summed E-state index contributed by atoms with van der Waals surface area (Å²) in [5.41, 5.74) is 0.294. The molecule has 8 heteroatoms. The second kappa shape index (κ2) is 9.07. The quantitative estimate of drug-likeness (QED) is 0.716. The van der Waals surface area contributed by atoms with Gasteiger partial charge in [0, 0.05) is 25.1 Å². The van der Waals surface area contributed by atoms with Crippen molar-refractivity contribution in [3.8, 4) is 11.5 Å². The van der Waals surface area contributed by atoms with Crippen LogP contribution in [0.1, 0.15) is 43.0 Å². The monoisotopic (exact) mass is 364 g/mol. The van der Waals surface area contributed by atoms with Gasteiger partial charge in [0.15, 0.2) is 18.1 Å². The number of rotatable bonds is 7. The number of benzene rings is 1. The Labute approximate surface area is 152 Å². The van der Waals surface area contributed by atoms with Crippen molar-refractivity contribution in [3.05, 3.63) is 17.7 Å². The number of esters is 1. The summed E-state index contributed by atoms with van der Waals surface area (Å²) in [4.78, 5) is 35.7. The van der Waals surface area contributed by atoms with Crippen LogP contribution in [-0.2, 0) is 14.3 Å². The molecular weight excluding hydrogens is 340 g/mol. The van der Waals surface area contributed by atoms with E-state index in [9.17, 15) is 14.4 Å². The number of carbonyl (C=O) groups excluding carboxylic acids is 3. The summed E-state index contributed by atoms with van der Waals surface area (Å²) in [6.45, 7) is 0.935. The van der Waals surface area contributed by atoms with E-state index >= 15 is 0 Å². The van der Waals surface area contributed by atoms with Crippen LogP contribution in [0.2, 0.25) is 0 Å². The summed E-state index contributed by atoms with van der Waals surface area (Å²) in [5.74, 6) is -0.774. The molecule has 0 aliphatic heterocycles. The number of hydrogen-bond acceptors (Lipinski definition) is 6. The molecule has 26 heavy (non-hydrogen) atoms. The molecule has 0 aromatic heterocycles. The molecule has 0 radical (unpaired) electrons. The first-order chi connectivity index (χ1) is 12.4. The van der Waals surface area contributed by atoms with E-state index in [1.54, 1.807) is 0 Å². The number of methoxy groups -OCH3 is 2. The molecule has 0 spiro atoms. The van der Waals surface area contributed by atoms with Crippen molar-refractivity contribution < 1.29 is 28.6 Å². The molecule has 2 amide bonds. The Balaban J connectivity index is 2.09. The third-order valence-corrected chi connectivity index (χ3v) is 4.11. The molecule has 2 N–H and O–H groups in total. The molecule has 2 rings (SSSR count). The number of ether oxygens (including phenoxy) is 3. The Hall–Kier alpha value is -2.77. The molecule has 1 aliphatic carbocycles. The SMILES string of the molecule is COc1cc(NC(C)=O)c(C(=O)OCC(=O)NC2CCCC2)cc1OC. The highest BCUT2D eigenvalue weighted by atomic mass is 16.5. The molecule has 1 aliphatic rings. The van der Waals surface area contributed by atoms with Crippen LogP contribution in [0.25, 0.3) is 0 Å². The Kier molecular flexibility index (Phi) is 6.82. The Morgan fingerprint density at radius 3 is 2.27 bits per heavy atom. The van der Waals surface area contributed by atoms with Gasteiger partial charge in [-0.05, 0) is 12.8 Å². The molecule has 142 valence electrons. The lowest BCUT2D eigenvalue weighted by molar-refractivity contribution is -0.125. The zero-order chi connectivity index (χ0) is 19.1. The van der Waals surface area contributed by atoms with Crippen molar-refractivity contribution >= 4 is 23.5 Å². The van der Waals surface area contributed by atoms with Crippen LogP contribution in [0.3, 0.4) is 0 Å². The summed E-state index contributed by atoms with van der Waals surface area (Å²) in [5, 5.41) is 5.39. The van der Waals surface area contributed by atoms with Gasteiger partial charge in [0.1, 0.15) is 0 Å². The van der Waals surface area contributed by atoms with Crippen LogP contribution in [0.4, 0.5) is 5.69 Å². The lowest BCUT2D eigenvalue weighted by Gasteiger charge is -2.15. The number of amides is 2. The number of anilines is 1. The molecule has 0 bridgehead atoms. The average molecular weight is 364 g/mol. The smallest absolute Gasteiger partial charge is 0.340 e. The summed E-state index contributed by atoms with van der Waals surface area (Å²) in [6.07, 6.45) is 4.08. The van der Waals surface area contributed by atoms with E-state index in [1.165, 1.54) is 33.3 Å². The lowest BCUT2D eigenvalue weighted by atomic mass is 10.1. The number of hydrogen-bond donors (Lipinski definition) is 2. The van der Waals surface area contributed by atoms with Gasteiger partial charge in [-0.1, -0.05) is 12.8 Å². The summed E-state index contributed by atoms with van der Waals surface area (Å²) in [7, 11) is 2.88. The van der Waals surface area contributed by atoms with Crippen molar-refractivity contribution in [1.82, 2.24) is 5.32 Å². The maximum Gasteiger partial charge on any atom is 0.340 e. The third-order valence-electron chi connectivity index (χ3n) is 4.11. The maximum atomic E-state index is 12.4. The number of nitrogens with one attached hydrogen (secondary N) is 2. The van der Waals surface area contributed by atoms with Crippen molar-refractivity contribution in [1.29, 1.82) is 0 Å². The molecule has 0 saturated heterocycles. The minimum atomic E-state index is -0.740. The van der Waals surface area contributed by atoms with Gasteiger partial charge in [-0.15, -0.1) is 0 Å². The molecule has 1 saturated carbocycles. The largest absolute Gasteiger partial charge is 0.493 e. The minimum absolute atomic E-state index is 0.0755. The van der Waals surface area contributed by atoms with Gasteiger partial charge in [-0.2, -0.15) is 0 Å². The second-order valence-electron chi connectivity index (χ2n) is 6.06. The topological polar surface area (TPSA) is 103 Å². The highest BCUT2D eigenvalue weighted by Crippen LogP contribution is 2.33. The normalized spacial score (nSPS) is 13.8. The highest BCUT2D eigenvalue weighted by Gasteiger charge is 2.21. The van der Waals surface area contributed by atoms with E-state index in [1.807, 2.05) is 0 Å². The fourth-order valence-corrected chi connectivity index (χ4v) is 2.89. The van der Waals surface area contributed by atoms with Crippen LogP contribution in [0.5, 0.6) is 11.5 Å². The van der Waals surface area contributed by atoms with Gasteiger partial charge in [0.25, 0.3) is 5.91 Å². The van der Waals surface area contributed by atoms with Crippen molar-refractivity contribution in [3.63, 3.8) is 0 Å². The Bertz CT molecular complexity index is 683. The summed E-state index contributed by atoms with van der Waals surface area (Å²) < 4.78 is 15.4. The van der Waals surface area contributed by atoms with Gasteiger partial charge in [0.2, 0.25) is 5.91 Å². The molecule has 1 aromatic carbocycles. The van der Waals surface area contributed by atoms with Gasteiger partial charge < -0.3 is 24.8 Å². The lowest BCUT2D eigenvalue weighted by Crippen LogP contribution is -2.36. The maximum absolute atomic E-state index is 12.4. The van der Waals surface area contributed by atoms with Gasteiger partial charge in [-0.25, -0.2) is 4.79 Å². The van der Waals surface area contributed by atoms with Crippen LogP contribution in [0, 0.1) is 0 Å². The van der Waals surface area contributed by atoms with Crippen molar-refractivity contribution in [2.75, 3.05) is 26.1 Å². The highest BCUT2D eigenvalue weighted by molar-refractivity contribution is 6.02. The first-order valence-corrected chi connectivity index (χ1v) is 8.44. The molecule has 1 fully saturated rings. The van der Waals surface area contributed by atoms with E-state index < -0.39 is 5.97 Å². The molecule has 0 unspecified atom stereocenters. The van der Waals surface area contributed by atoms with Gasteiger partial charge >= 0.3 is 5.97 Å². The first kappa shape index (κ1) is 19.6. The van der Waals surface area contributed by atoms with E-state index in [-0.39, 0.29) is 35.7 Å². The third kappa shape index (κ3) is 5.11.